The van der Waals surface area contributed by atoms with E-state index in [1.807, 2.05) is 19.1 Å². The van der Waals surface area contributed by atoms with Gasteiger partial charge in [-0.1, -0.05) is 0 Å². The molecule has 1 spiro atoms. The van der Waals surface area contributed by atoms with Gasteiger partial charge >= 0.3 is 0 Å². The number of aliphatic hydroxyl groups is 1. The zero-order chi connectivity index (χ0) is 16.6. The molecule has 2 aromatic rings. The molecule has 0 radical (unpaired) electrons. The predicted octanol–water partition coefficient (Wildman–Crippen LogP) is 2.35. The van der Waals surface area contributed by atoms with E-state index in [0.717, 1.165) is 11.1 Å². The zero-order valence-electron chi connectivity index (χ0n) is 13.7. The van der Waals surface area contributed by atoms with Crippen molar-refractivity contribution in [3.05, 3.63) is 42.0 Å². The molecular weight excluding hydrogens is 306 g/mol. The van der Waals surface area contributed by atoms with Crippen LogP contribution in [0, 0.1) is 6.92 Å². The fraction of sp³-hybridized carbons (Fsp3) is 0.500. The highest BCUT2D eigenvalue weighted by atomic mass is 16.7. The van der Waals surface area contributed by atoms with Crippen LogP contribution in [0.4, 0.5) is 0 Å². The van der Waals surface area contributed by atoms with Crippen molar-refractivity contribution in [2.75, 3.05) is 13.2 Å². The summed E-state index contributed by atoms with van der Waals surface area (Å²) in [7, 11) is 0. The van der Waals surface area contributed by atoms with E-state index in [9.17, 15) is 5.11 Å². The second-order valence-electron chi connectivity index (χ2n) is 6.66. The molecule has 2 aliphatic rings. The average molecular weight is 327 g/mol. The smallest absolute Gasteiger partial charge is 0.168 e. The van der Waals surface area contributed by atoms with E-state index in [-0.39, 0.29) is 0 Å². The van der Waals surface area contributed by atoms with Gasteiger partial charge in [-0.25, -0.2) is 9.97 Å². The molecule has 1 aliphatic carbocycles. The van der Waals surface area contributed by atoms with Crippen LogP contribution in [0.1, 0.15) is 36.9 Å². The summed E-state index contributed by atoms with van der Waals surface area (Å²) in [6.07, 6.45) is 7.84. The Morgan fingerprint density at radius 2 is 1.58 bits per heavy atom. The van der Waals surface area contributed by atoms with Crippen LogP contribution in [-0.4, -0.2) is 39.1 Å². The summed E-state index contributed by atoms with van der Waals surface area (Å²) >= 11 is 0. The van der Waals surface area contributed by atoms with Crippen molar-refractivity contribution in [2.24, 2.45) is 0 Å². The second-order valence-corrected chi connectivity index (χ2v) is 6.66. The molecule has 3 heterocycles. The van der Waals surface area contributed by atoms with Gasteiger partial charge in [0, 0.05) is 37.0 Å². The number of rotatable bonds is 2. The number of ether oxygens (including phenoxy) is 2. The topological polar surface area (TPSA) is 77.4 Å². The largest absolute Gasteiger partial charge is 0.384 e. The van der Waals surface area contributed by atoms with Crippen LogP contribution in [-0.2, 0) is 15.1 Å². The Bertz CT molecular complexity index is 699. The van der Waals surface area contributed by atoms with Crippen molar-refractivity contribution >= 4 is 0 Å². The van der Waals surface area contributed by atoms with E-state index >= 15 is 0 Å². The van der Waals surface area contributed by atoms with Crippen molar-refractivity contribution in [1.82, 2.24) is 15.0 Å². The van der Waals surface area contributed by atoms with Crippen LogP contribution in [0.15, 0.2) is 30.7 Å². The highest BCUT2D eigenvalue weighted by Gasteiger charge is 2.46. The Kier molecular flexibility index (Phi) is 3.83. The van der Waals surface area contributed by atoms with Crippen LogP contribution in [0.5, 0.6) is 0 Å². The molecule has 0 bridgehead atoms. The van der Waals surface area contributed by atoms with Gasteiger partial charge in [0.05, 0.1) is 18.9 Å². The standard InChI is InChI=1S/C18H21N3O3/c1-13-10-20-16(21-11-13)14-2-3-15(19-12-14)17(22)4-6-18(7-5-17)23-8-9-24-18/h2-3,10-12,22H,4-9H2,1H3. The van der Waals surface area contributed by atoms with Gasteiger partial charge in [0.2, 0.25) is 0 Å². The van der Waals surface area contributed by atoms with E-state index in [1.165, 1.54) is 0 Å². The minimum atomic E-state index is -0.923. The van der Waals surface area contributed by atoms with E-state index in [0.29, 0.717) is 50.4 Å². The maximum atomic E-state index is 11.0. The molecule has 126 valence electrons. The molecule has 2 aromatic heterocycles. The molecule has 1 saturated heterocycles. The first kappa shape index (κ1) is 15.6. The summed E-state index contributed by atoms with van der Waals surface area (Å²) in [6.45, 7) is 3.23. The molecule has 1 saturated carbocycles. The molecule has 0 aromatic carbocycles. The molecular formula is C18H21N3O3. The van der Waals surface area contributed by atoms with Gasteiger partial charge in [-0.2, -0.15) is 0 Å². The maximum Gasteiger partial charge on any atom is 0.168 e. The fourth-order valence-corrected chi connectivity index (χ4v) is 3.43. The Labute approximate surface area is 140 Å². The quantitative estimate of drug-likeness (QED) is 0.912. The lowest BCUT2D eigenvalue weighted by molar-refractivity contribution is -0.204. The van der Waals surface area contributed by atoms with Crippen LogP contribution in [0.3, 0.4) is 0 Å². The third-order valence-electron chi connectivity index (χ3n) is 4.93. The lowest BCUT2D eigenvalue weighted by atomic mass is 9.79. The maximum absolute atomic E-state index is 11.0. The predicted molar refractivity (Wildman–Crippen MR) is 87.0 cm³/mol. The highest BCUT2D eigenvalue weighted by molar-refractivity contribution is 5.53. The van der Waals surface area contributed by atoms with Gasteiger partial charge in [-0.15, -0.1) is 0 Å². The van der Waals surface area contributed by atoms with Crippen LogP contribution >= 0.6 is 0 Å². The van der Waals surface area contributed by atoms with Crippen LogP contribution in [0.2, 0.25) is 0 Å². The monoisotopic (exact) mass is 327 g/mol. The summed E-state index contributed by atoms with van der Waals surface area (Å²) in [4.78, 5) is 13.1. The molecule has 6 heteroatoms. The van der Waals surface area contributed by atoms with Crippen molar-refractivity contribution in [3.8, 4) is 11.4 Å². The molecule has 2 fully saturated rings. The Morgan fingerprint density at radius 1 is 0.917 bits per heavy atom. The molecule has 1 N–H and O–H groups in total. The SMILES string of the molecule is Cc1cnc(-c2ccc(C3(O)CCC4(CC3)OCCO4)nc2)nc1. The van der Waals surface area contributed by atoms with Crippen molar-refractivity contribution in [1.29, 1.82) is 0 Å². The van der Waals surface area contributed by atoms with E-state index in [4.69, 9.17) is 9.47 Å². The first-order valence-electron chi connectivity index (χ1n) is 8.35. The first-order valence-corrected chi connectivity index (χ1v) is 8.35. The number of nitrogens with zero attached hydrogens (tertiary/aromatic N) is 3. The van der Waals surface area contributed by atoms with Gasteiger partial charge in [-0.3, -0.25) is 4.98 Å². The number of hydrogen-bond donors (Lipinski definition) is 1. The van der Waals surface area contributed by atoms with Crippen LogP contribution < -0.4 is 0 Å². The number of hydrogen-bond acceptors (Lipinski definition) is 6. The molecule has 6 nitrogen and oxygen atoms in total. The molecule has 0 atom stereocenters. The zero-order valence-corrected chi connectivity index (χ0v) is 13.7. The third kappa shape index (κ3) is 2.81. The van der Waals surface area contributed by atoms with E-state index < -0.39 is 11.4 Å². The minimum absolute atomic E-state index is 0.484. The summed E-state index contributed by atoms with van der Waals surface area (Å²) in [5.74, 6) is 0.157. The van der Waals surface area contributed by atoms with Crippen molar-refractivity contribution in [2.45, 2.75) is 44.0 Å². The molecule has 24 heavy (non-hydrogen) atoms. The van der Waals surface area contributed by atoms with E-state index in [2.05, 4.69) is 15.0 Å². The average Bonchev–Trinajstić information content (AvgIpc) is 3.08. The molecule has 1 aliphatic heterocycles. The lowest BCUT2D eigenvalue weighted by Gasteiger charge is -2.40. The Hall–Kier alpha value is -1.89. The van der Waals surface area contributed by atoms with Crippen LogP contribution in [0.25, 0.3) is 11.4 Å². The Balaban J connectivity index is 1.51. The normalized spacial score (nSPS) is 21.9. The van der Waals surface area contributed by atoms with Gasteiger partial charge in [0.25, 0.3) is 0 Å². The molecule has 0 amide bonds. The van der Waals surface area contributed by atoms with E-state index in [1.54, 1.807) is 18.6 Å². The van der Waals surface area contributed by atoms with Gasteiger partial charge in [0.15, 0.2) is 11.6 Å². The van der Waals surface area contributed by atoms with Gasteiger partial charge < -0.3 is 14.6 Å². The van der Waals surface area contributed by atoms with Crippen molar-refractivity contribution < 1.29 is 14.6 Å². The number of pyridine rings is 1. The van der Waals surface area contributed by atoms with Gasteiger partial charge in [0.1, 0.15) is 5.60 Å². The lowest BCUT2D eigenvalue weighted by Crippen LogP contribution is -2.42. The summed E-state index contributed by atoms with van der Waals surface area (Å²) in [5.41, 5.74) is 1.63. The second kappa shape index (κ2) is 5.88. The molecule has 4 rings (SSSR count). The summed E-state index contributed by atoms with van der Waals surface area (Å²) < 4.78 is 11.5. The highest BCUT2D eigenvalue weighted by Crippen LogP contribution is 2.44. The number of aryl methyl sites for hydroxylation is 1. The minimum Gasteiger partial charge on any atom is -0.384 e. The third-order valence-corrected chi connectivity index (χ3v) is 4.93. The Morgan fingerprint density at radius 3 is 2.17 bits per heavy atom. The fourth-order valence-electron chi connectivity index (χ4n) is 3.43. The summed E-state index contributed by atoms with van der Waals surface area (Å²) in [6, 6.07) is 3.78. The first-order chi connectivity index (χ1) is 11.6. The summed E-state index contributed by atoms with van der Waals surface area (Å²) in [5, 5.41) is 11.0. The van der Waals surface area contributed by atoms with Gasteiger partial charge in [-0.05, 0) is 37.5 Å². The molecule has 0 unspecified atom stereocenters. The van der Waals surface area contributed by atoms with Crippen molar-refractivity contribution in [3.63, 3.8) is 0 Å². The number of aromatic nitrogens is 3.